The summed E-state index contributed by atoms with van der Waals surface area (Å²) in [5, 5.41) is 23.6. The van der Waals surface area contributed by atoms with E-state index in [1.165, 1.54) is 22.3 Å². The molecule has 222 valence electrons. The molecule has 3 aromatic carbocycles. The zero-order valence-corrected chi connectivity index (χ0v) is 27.8. The van der Waals surface area contributed by atoms with Gasteiger partial charge in [0.25, 0.3) is 0 Å². The fourth-order valence-electron chi connectivity index (χ4n) is 4.97. The van der Waals surface area contributed by atoms with E-state index in [2.05, 4.69) is 119 Å². The molecule has 0 unspecified atom stereocenters. The third kappa shape index (κ3) is 7.30. The van der Waals surface area contributed by atoms with Gasteiger partial charge in [-0.1, -0.05) is 132 Å². The highest BCUT2D eigenvalue weighted by Crippen LogP contribution is 2.42. The Labute approximate surface area is 249 Å². The van der Waals surface area contributed by atoms with Crippen LogP contribution in [0.15, 0.2) is 65.7 Å². The van der Waals surface area contributed by atoms with Crippen LogP contribution >= 0.6 is 0 Å². The van der Waals surface area contributed by atoms with Crippen molar-refractivity contribution in [2.24, 2.45) is 4.99 Å². The topological polar surface area (TPSA) is 52.8 Å². The lowest BCUT2D eigenvalue weighted by Crippen LogP contribution is -2.39. The number of phenols is 1. The molecule has 0 aliphatic heterocycles. The molecule has 0 bridgehead atoms. The van der Waals surface area contributed by atoms with Gasteiger partial charge in [0.2, 0.25) is 0 Å². The molecular weight excluding hydrogens is 502 g/mol. The normalized spacial score (nSPS) is 14.5. The van der Waals surface area contributed by atoms with Gasteiger partial charge in [-0.15, -0.1) is 0 Å². The number of aliphatic imine (C=N–C) groups is 1. The zero-order chi connectivity index (χ0) is 31.2. The molecular formula is C38H53NO2. The summed E-state index contributed by atoms with van der Waals surface area (Å²) in [4.78, 5) is 4.91. The van der Waals surface area contributed by atoms with E-state index in [1.807, 2.05) is 19.1 Å². The molecule has 0 saturated heterocycles. The van der Waals surface area contributed by atoms with Crippen molar-refractivity contribution in [2.45, 2.75) is 123 Å². The third-order valence-electron chi connectivity index (χ3n) is 8.19. The van der Waals surface area contributed by atoms with Crippen molar-refractivity contribution < 1.29 is 10.2 Å². The molecule has 3 nitrogen and oxygen atoms in total. The number of hydrogen-bond acceptors (Lipinski definition) is 3. The molecule has 0 spiro atoms. The number of benzene rings is 3. The minimum absolute atomic E-state index is 0.108. The second-order valence-corrected chi connectivity index (χ2v) is 15.9. The Morgan fingerprint density at radius 2 is 0.878 bits per heavy atom. The smallest absolute Gasteiger partial charge is 0.137 e. The number of aromatic hydroxyl groups is 1. The largest absolute Gasteiger partial charge is 0.507 e. The van der Waals surface area contributed by atoms with E-state index in [-0.39, 0.29) is 27.4 Å². The SMILES string of the molecule is C[C@H](N=Cc1ccccc1O)C(O)(c1cc(C(C)(C)C)cc(C(C)(C)C)c1)c1cc(C(C)(C)C)cc(C(C)(C)C)c1. The van der Waals surface area contributed by atoms with E-state index in [9.17, 15) is 10.2 Å². The fraction of sp³-hybridized carbons (Fsp3) is 0.500. The second-order valence-electron chi connectivity index (χ2n) is 15.9. The minimum atomic E-state index is -1.43. The van der Waals surface area contributed by atoms with E-state index in [0.29, 0.717) is 5.56 Å². The Hall–Kier alpha value is -2.91. The predicted molar refractivity (Wildman–Crippen MR) is 176 cm³/mol. The molecule has 0 aromatic heterocycles. The van der Waals surface area contributed by atoms with Crippen LogP contribution in [0.25, 0.3) is 0 Å². The van der Waals surface area contributed by atoms with Gasteiger partial charge < -0.3 is 10.2 Å². The van der Waals surface area contributed by atoms with Crippen molar-refractivity contribution in [2.75, 3.05) is 0 Å². The van der Waals surface area contributed by atoms with E-state index in [4.69, 9.17) is 4.99 Å². The van der Waals surface area contributed by atoms with Gasteiger partial charge in [0.15, 0.2) is 0 Å². The van der Waals surface area contributed by atoms with Crippen molar-refractivity contribution in [1.29, 1.82) is 0 Å². The van der Waals surface area contributed by atoms with E-state index in [0.717, 1.165) is 11.1 Å². The molecule has 0 heterocycles. The second kappa shape index (κ2) is 11.1. The monoisotopic (exact) mass is 555 g/mol. The number of nitrogens with zero attached hydrogens (tertiary/aromatic N) is 1. The first-order chi connectivity index (χ1) is 18.5. The van der Waals surface area contributed by atoms with E-state index < -0.39 is 11.6 Å². The number of hydrogen-bond donors (Lipinski definition) is 2. The van der Waals surface area contributed by atoms with Crippen LogP contribution in [-0.2, 0) is 27.3 Å². The summed E-state index contributed by atoms with van der Waals surface area (Å²) in [7, 11) is 0. The van der Waals surface area contributed by atoms with Crippen LogP contribution in [0.1, 0.15) is 129 Å². The maximum Gasteiger partial charge on any atom is 0.137 e. The predicted octanol–water partition coefficient (Wildman–Crippen LogP) is 9.33. The Bertz CT molecular complexity index is 1260. The number of aliphatic hydroxyl groups is 1. The molecule has 0 amide bonds. The van der Waals surface area contributed by atoms with Gasteiger partial charge in [0, 0.05) is 11.8 Å². The summed E-state index contributed by atoms with van der Waals surface area (Å²) >= 11 is 0. The average Bonchev–Trinajstić information content (AvgIpc) is 2.85. The number of para-hydroxylation sites is 1. The van der Waals surface area contributed by atoms with Gasteiger partial charge >= 0.3 is 0 Å². The van der Waals surface area contributed by atoms with E-state index in [1.54, 1.807) is 18.3 Å². The lowest BCUT2D eigenvalue weighted by atomic mass is 9.71. The van der Waals surface area contributed by atoms with Crippen molar-refractivity contribution in [1.82, 2.24) is 0 Å². The van der Waals surface area contributed by atoms with Crippen LogP contribution in [0.4, 0.5) is 0 Å². The first-order valence-corrected chi connectivity index (χ1v) is 14.9. The minimum Gasteiger partial charge on any atom is -0.507 e. The van der Waals surface area contributed by atoms with Crippen LogP contribution in [0, 0.1) is 0 Å². The van der Waals surface area contributed by atoms with Crippen molar-refractivity contribution >= 4 is 6.21 Å². The van der Waals surface area contributed by atoms with Crippen LogP contribution in [0.3, 0.4) is 0 Å². The van der Waals surface area contributed by atoms with Gasteiger partial charge in [0.05, 0.1) is 6.04 Å². The lowest BCUT2D eigenvalue weighted by molar-refractivity contribution is 0.0583. The summed E-state index contributed by atoms with van der Waals surface area (Å²) in [6.07, 6.45) is 1.68. The molecule has 0 aliphatic carbocycles. The van der Waals surface area contributed by atoms with Gasteiger partial charge in [-0.3, -0.25) is 4.99 Å². The van der Waals surface area contributed by atoms with Gasteiger partial charge in [-0.25, -0.2) is 0 Å². The van der Waals surface area contributed by atoms with Gasteiger partial charge in [0.1, 0.15) is 11.4 Å². The highest BCUT2D eigenvalue weighted by Gasteiger charge is 2.40. The lowest BCUT2D eigenvalue weighted by Gasteiger charge is -2.38. The summed E-state index contributed by atoms with van der Waals surface area (Å²) in [5.41, 5.74) is 5.15. The fourth-order valence-corrected chi connectivity index (χ4v) is 4.97. The summed E-state index contributed by atoms with van der Waals surface area (Å²) in [6.45, 7) is 28.6. The summed E-state index contributed by atoms with van der Waals surface area (Å²) < 4.78 is 0. The zero-order valence-electron chi connectivity index (χ0n) is 27.8. The Balaban J connectivity index is 2.44. The first-order valence-electron chi connectivity index (χ1n) is 14.9. The summed E-state index contributed by atoms with van der Waals surface area (Å²) in [5.74, 6) is 0.168. The van der Waals surface area contributed by atoms with E-state index >= 15 is 0 Å². The molecule has 41 heavy (non-hydrogen) atoms. The van der Waals surface area contributed by atoms with Crippen molar-refractivity contribution in [3.63, 3.8) is 0 Å². The molecule has 0 radical (unpaired) electrons. The van der Waals surface area contributed by atoms with Crippen LogP contribution in [0.2, 0.25) is 0 Å². The standard InChI is InChI=1S/C38H53NO2/c1-25(39-24-26-16-14-15-17-33(26)40)38(41,31-20-27(34(2,3)4)18-28(21-31)35(5,6)7)32-22-29(36(8,9)10)19-30(23-32)37(11,12)13/h14-25,40-41H,1-13H3/t25-/m0/s1. The maximum absolute atomic E-state index is 13.2. The molecule has 3 rings (SSSR count). The Morgan fingerprint density at radius 1 is 0.561 bits per heavy atom. The molecule has 2 N–H and O–H groups in total. The van der Waals surface area contributed by atoms with Crippen LogP contribution < -0.4 is 0 Å². The van der Waals surface area contributed by atoms with Crippen molar-refractivity contribution in [3.8, 4) is 5.75 Å². The molecule has 0 fully saturated rings. The van der Waals surface area contributed by atoms with Crippen LogP contribution in [-0.4, -0.2) is 22.5 Å². The van der Waals surface area contributed by atoms with Crippen molar-refractivity contribution in [3.05, 3.63) is 99.6 Å². The molecule has 0 saturated carbocycles. The Morgan fingerprint density at radius 3 is 1.20 bits per heavy atom. The number of phenolic OH excluding ortho intramolecular Hbond substituents is 1. The molecule has 3 aromatic rings. The van der Waals surface area contributed by atoms with Gasteiger partial charge in [-0.05, 0) is 74.1 Å². The molecule has 3 heteroatoms. The molecule has 1 atom stereocenters. The number of rotatable bonds is 5. The average molecular weight is 556 g/mol. The van der Waals surface area contributed by atoms with Crippen LogP contribution in [0.5, 0.6) is 5.75 Å². The summed E-state index contributed by atoms with van der Waals surface area (Å²) in [6, 6.07) is 19.9. The third-order valence-corrected chi connectivity index (χ3v) is 8.19. The quantitative estimate of drug-likeness (QED) is 0.308. The highest BCUT2D eigenvalue weighted by molar-refractivity contribution is 5.83. The first kappa shape index (κ1) is 32.6. The van der Waals surface area contributed by atoms with Gasteiger partial charge in [-0.2, -0.15) is 0 Å². The molecule has 0 aliphatic rings. The highest BCUT2D eigenvalue weighted by atomic mass is 16.3. The maximum atomic E-state index is 13.2. The Kier molecular flexibility index (Phi) is 8.79.